The fraction of sp³-hybridized carbons (Fsp3) is 0.696. The second-order valence-corrected chi connectivity index (χ2v) is 9.04. The van der Waals surface area contributed by atoms with Gasteiger partial charge >= 0.3 is 6.09 Å². The van der Waals surface area contributed by atoms with E-state index in [0.29, 0.717) is 36.2 Å². The van der Waals surface area contributed by atoms with Crippen molar-refractivity contribution in [1.82, 2.24) is 4.98 Å². The summed E-state index contributed by atoms with van der Waals surface area (Å²) >= 11 is 6.23. The summed E-state index contributed by atoms with van der Waals surface area (Å²) in [5.41, 5.74) is 1.48. The lowest BCUT2D eigenvalue weighted by Crippen LogP contribution is -2.27. The van der Waals surface area contributed by atoms with Gasteiger partial charge in [0.1, 0.15) is 5.60 Å². The van der Waals surface area contributed by atoms with Gasteiger partial charge in [-0.2, -0.15) is 4.99 Å². The van der Waals surface area contributed by atoms with E-state index in [1.807, 2.05) is 68.4 Å². The number of nitrogens with zero attached hydrogens (tertiary/aromatic N) is 2. The van der Waals surface area contributed by atoms with Gasteiger partial charge in [0.2, 0.25) is 0 Å². The molecule has 0 radical (unpaired) electrons. The summed E-state index contributed by atoms with van der Waals surface area (Å²) in [4.78, 5) is 20.9. The maximum absolute atomic E-state index is 12.2. The molecule has 0 saturated carbocycles. The molecule has 0 aliphatic carbocycles. The lowest BCUT2D eigenvalue weighted by Gasteiger charge is -2.24. The molecule has 0 bridgehead atoms. The molecule has 7 heteroatoms. The first-order valence-corrected chi connectivity index (χ1v) is 10.8. The zero-order chi connectivity index (χ0) is 23.5. The quantitative estimate of drug-likeness (QED) is 0.275. The Hall–Kier alpha value is -1.66. The van der Waals surface area contributed by atoms with Gasteiger partial charge in [-0.15, -0.1) is 0 Å². The number of pyridine rings is 1. The molecule has 0 atom stereocenters. The zero-order valence-electron chi connectivity index (χ0n) is 20.3. The van der Waals surface area contributed by atoms with E-state index in [1.165, 1.54) is 0 Å². The number of amides is 1. The van der Waals surface area contributed by atoms with Crippen LogP contribution in [0.2, 0.25) is 5.15 Å². The predicted octanol–water partition coefficient (Wildman–Crippen LogP) is 6.45. The van der Waals surface area contributed by atoms with Gasteiger partial charge in [-0.05, 0) is 39.3 Å². The van der Waals surface area contributed by atoms with Gasteiger partial charge in [0, 0.05) is 43.4 Å². The van der Waals surface area contributed by atoms with Crippen molar-refractivity contribution in [3.05, 3.63) is 22.5 Å². The van der Waals surface area contributed by atoms with Crippen molar-refractivity contribution in [3.8, 4) is 5.75 Å². The first-order valence-electron chi connectivity index (χ1n) is 10.4. The lowest BCUT2D eigenvalue weighted by atomic mass is 9.86. The van der Waals surface area contributed by atoms with Crippen molar-refractivity contribution in [2.75, 3.05) is 20.3 Å². The molecule has 0 aromatic carbocycles. The second kappa shape index (κ2) is 12.9. The molecular formula is C23H39ClN2O4. The van der Waals surface area contributed by atoms with E-state index >= 15 is 0 Å². The first kappa shape index (κ1) is 28.3. The topological polar surface area (TPSA) is 70.0 Å². The smallest absolute Gasteiger partial charge is 0.434 e. The van der Waals surface area contributed by atoms with E-state index in [9.17, 15) is 4.79 Å². The van der Waals surface area contributed by atoms with Gasteiger partial charge in [0.15, 0.2) is 10.9 Å². The monoisotopic (exact) mass is 442 g/mol. The molecule has 1 rings (SSSR count). The Morgan fingerprint density at radius 1 is 1.13 bits per heavy atom. The Kier molecular flexibility index (Phi) is 12.2. The maximum atomic E-state index is 12.2. The lowest BCUT2D eigenvalue weighted by molar-refractivity contribution is 0.0602. The summed E-state index contributed by atoms with van der Waals surface area (Å²) in [5, 5.41) is 0.319. The number of hydrogen-bond acceptors (Lipinski definition) is 5. The van der Waals surface area contributed by atoms with Crippen LogP contribution in [0.3, 0.4) is 0 Å². The molecule has 0 spiro atoms. The Labute approximate surface area is 187 Å². The van der Waals surface area contributed by atoms with Crippen molar-refractivity contribution in [3.63, 3.8) is 0 Å². The van der Waals surface area contributed by atoms with Crippen LogP contribution < -0.4 is 4.74 Å². The van der Waals surface area contributed by atoms with E-state index < -0.39 is 11.7 Å². The molecule has 1 heterocycles. The second-order valence-electron chi connectivity index (χ2n) is 8.68. The third-order valence-electron chi connectivity index (χ3n) is 3.83. The van der Waals surface area contributed by atoms with Crippen molar-refractivity contribution in [2.24, 2.45) is 10.4 Å². The minimum atomic E-state index is -0.593. The predicted molar refractivity (Wildman–Crippen MR) is 124 cm³/mol. The highest BCUT2D eigenvalue weighted by atomic mass is 35.5. The Balaban J connectivity index is 0.00000407. The van der Waals surface area contributed by atoms with Gasteiger partial charge in [0.05, 0.1) is 6.61 Å². The average Bonchev–Trinajstić information content (AvgIpc) is 2.60. The Bertz CT molecular complexity index is 704. The van der Waals surface area contributed by atoms with Crippen LogP contribution in [-0.2, 0) is 15.9 Å². The van der Waals surface area contributed by atoms with Crippen molar-refractivity contribution >= 4 is 23.4 Å². The Morgan fingerprint density at radius 3 is 2.23 bits per heavy atom. The minimum absolute atomic E-state index is 0.317. The molecule has 0 N–H and O–H groups in total. The molecule has 172 valence electrons. The van der Waals surface area contributed by atoms with Crippen LogP contribution in [0.1, 0.15) is 73.1 Å². The van der Waals surface area contributed by atoms with Crippen molar-refractivity contribution < 1.29 is 19.0 Å². The van der Waals surface area contributed by atoms with E-state index in [2.05, 4.69) is 9.98 Å². The molecule has 0 saturated heterocycles. The number of aromatic nitrogens is 1. The molecule has 30 heavy (non-hydrogen) atoms. The fourth-order valence-corrected chi connectivity index (χ4v) is 2.55. The summed E-state index contributed by atoms with van der Waals surface area (Å²) < 4.78 is 16.1. The molecule has 0 aliphatic rings. The van der Waals surface area contributed by atoms with E-state index in [1.54, 1.807) is 7.11 Å². The van der Waals surface area contributed by atoms with Crippen LogP contribution in [-0.4, -0.2) is 42.7 Å². The molecule has 1 aromatic rings. The highest BCUT2D eigenvalue weighted by Gasteiger charge is 2.24. The fourth-order valence-electron chi connectivity index (χ4n) is 2.31. The molecule has 0 aliphatic heterocycles. The van der Waals surface area contributed by atoms with Gasteiger partial charge in [-0.3, -0.25) is 0 Å². The standard InChI is InChI=1S/C21H33ClN2O4.C2H6/c1-14-15(12-16(18(22)23-14)27-11-9-10-26-8)13-17(20(2,3)4)24-19(25)28-21(5,6)7;1-2/h12H,9-11,13H2,1-8H3;1-2H3/b24-17-;. The van der Waals surface area contributed by atoms with E-state index in [-0.39, 0.29) is 5.41 Å². The number of hydrogen-bond donors (Lipinski definition) is 0. The van der Waals surface area contributed by atoms with Gasteiger partial charge in [0.25, 0.3) is 0 Å². The molecular weight excluding hydrogens is 404 g/mol. The van der Waals surface area contributed by atoms with Crippen LogP contribution in [0.4, 0.5) is 4.79 Å². The third kappa shape index (κ3) is 10.9. The van der Waals surface area contributed by atoms with Crippen LogP contribution in [0, 0.1) is 12.3 Å². The molecule has 1 aromatic heterocycles. The van der Waals surface area contributed by atoms with Crippen LogP contribution in [0.25, 0.3) is 0 Å². The Morgan fingerprint density at radius 2 is 1.73 bits per heavy atom. The first-order chi connectivity index (χ1) is 13.8. The number of rotatable bonds is 7. The SMILES string of the molecule is CC.COCCCOc1cc(C/C(=N/C(=O)OC(C)(C)C)C(C)(C)C)c(C)nc1Cl. The van der Waals surface area contributed by atoms with Crippen LogP contribution in [0.5, 0.6) is 5.75 Å². The normalized spacial score (nSPS) is 12.2. The summed E-state index contributed by atoms with van der Waals surface area (Å²) in [7, 11) is 1.65. The van der Waals surface area contributed by atoms with Gasteiger partial charge < -0.3 is 14.2 Å². The number of methoxy groups -OCH3 is 1. The maximum Gasteiger partial charge on any atom is 0.434 e. The average molecular weight is 443 g/mol. The van der Waals surface area contributed by atoms with Crippen LogP contribution >= 0.6 is 11.6 Å². The van der Waals surface area contributed by atoms with Gasteiger partial charge in [-0.1, -0.05) is 46.2 Å². The number of halogens is 1. The number of carbonyl (C=O) groups is 1. The molecule has 6 nitrogen and oxygen atoms in total. The third-order valence-corrected chi connectivity index (χ3v) is 4.10. The number of aliphatic imine (C=N–C) groups is 1. The highest BCUT2D eigenvalue weighted by Crippen LogP contribution is 2.28. The summed E-state index contributed by atoms with van der Waals surface area (Å²) in [6.45, 7) is 18.5. The largest absolute Gasteiger partial charge is 0.490 e. The van der Waals surface area contributed by atoms with Gasteiger partial charge in [-0.25, -0.2) is 9.78 Å². The summed E-state index contributed by atoms with van der Waals surface area (Å²) in [6.07, 6.45) is 0.615. The zero-order valence-corrected chi connectivity index (χ0v) is 21.1. The minimum Gasteiger partial charge on any atom is -0.490 e. The van der Waals surface area contributed by atoms with Crippen molar-refractivity contribution in [1.29, 1.82) is 0 Å². The molecule has 1 amide bonds. The number of ether oxygens (including phenoxy) is 3. The van der Waals surface area contributed by atoms with Crippen LogP contribution in [0.15, 0.2) is 11.1 Å². The van der Waals surface area contributed by atoms with E-state index in [4.69, 9.17) is 25.8 Å². The number of carbonyl (C=O) groups excluding carboxylic acids is 1. The van der Waals surface area contributed by atoms with Crippen molar-refractivity contribution in [2.45, 2.75) is 80.8 Å². The highest BCUT2D eigenvalue weighted by molar-refractivity contribution is 6.30. The summed E-state index contributed by atoms with van der Waals surface area (Å²) in [6, 6.07) is 1.87. The van der Waals surface area contributed by atoms with E-state index in [0.717, 1.165) is 17.7 Å². The number of aryl methyl sites for hydroxylation is 1. The molecule has 0 fully saturated rings. The molecule has 0 unspecified atom stereocenters. The summed E-state index contributed by atoms with van der Waals surface area (Å²) in [5.74, 6) is 0.517.